The van der Waals surface area contributed by atoms with Gasteiger partial charge in [0.25, 0.3) is 5.91 Å². The van der Waals surface area contributed by atoms with E-state index < -0.39 is 5.79 Å². The first-order valence-electron chi connectivity index (χ1n) is 7.78. The minimum Gasteiger partial charge on any atom is -0.496 e. The molecule has 1 aromatic rings. The fourth-order valence-corrected chi connectivity index (χ4v) is 3.26. The van der Waals surface area contributed by atoms with Crippen molar-refractivity contribution in [3.8, 4) is 5.75 Å². The van der Waals surface area contributed by atoms with Crippen molar-refractivity contribution in [2.75, 3.05) is 33.4 Å². The molecule has 120 valence electrons. The van der Waals surface area contributed by atoms with Crippen LogP contribution in [0.25, 0.3) is 0 Å². The fourth-order valence-electron chi connectivity index (χ4n) is 3.26. The van der Waals surface area contributed by atoms with Gasteiger partial charge in [-0.1, -0.05) is 0 Å². The predicted octanol–water partition coefficient (Wildman–Crippen LogP) is 2.29. The van der Waals surface area contributed by atoms with Gasteiger partial charge in [0.2, 0.25) is 0 Å². The zero-order valence-electron chi connectivity index (χ0n) is 13.5. The number of carbonyl (C=O) groups is 1. The number of amides is 1. The molecule has 0 unspecified atom stereocenters. The van der Waals surface area contributed by atoms with E-state index in [9.17, 15) is 4.79 Å². The Kier molecular flexibility index (Phi) is 4.10. The zero-order chi connectivity index (χ0) is 15.7. The van der Waals surface area contributed by atoms with E-state index in [1.165, 1.54) is 0 Å². The highest BCUT2D eigenvalue weighted by Crippen LogP contribution is 2.32. The van der Waals surface area contributed by atoms with Crippen LogP contribution in [0.3, 0.4) is 0 Å². The van der Waals surface area contributed by atoms with Gasteiger partial charge in [-0.2, -0.15) is 0 Å². The van der Waals surface area contributed by atoms with Crippen molar-refractivity contribution < 1.29 is 19.0 Å². The summed E-state index contributed by atoms with van der Waals surface area (Å²) in [7, 11) is 1.65. The van der Waals surface area contributed by atoms with Crippen LogP contribution < -0.4 is 4.74 Å². The Labute approximate surface area is 131 Å². The van der Waals surface area contributed by atoms with E-state index in [-0.39, 0.29) is 5.91 Å². The molecule has 5 nitrogen and oxygen atoms in total. The van der Waals surface area contributed by atoms with Gasteiger partial charge in [-0.25, -0.2) is 0 Å². The van der Waals surface area contributed by atoms with E-state index in [0.29, 0.717) is 26.3 Å². The summed E-state index contributed by atoms with van der Waals surface area (Å²) in [4.78, 5) is 14.7. The van der Waals surface area contributed by atoms with Gasteiger partial charge >= 0.3 is 0 Å². The molecule has 0 aromatic heterocycles. The molecule has 0 bridgehead atoms. The summed E-state index contributed by atoms with van der Waals surface area (Å²) in [6, 6.07) is 3.72. The van der Waals surface area contributed by atoms with Crippen molar-refractivity contribution in [1.29, 1.82) is 0 Å². The molecule has 22 heavy (non-hydrogen) atoms. The molecule has 2 aliphatic heterocycles. The molecule has 0 aliphatic carbocycles. The Morgan fingerprint density at radius 1 is 1.14 bits per heavy atom. The molecule has 2 saturated heterocycles. The number of ether oxygens (including phenoxy) is 3. The van der Waals surface area contributed by atoms with Gasteiger partial charge in [0.05, 0.1) is 20.3 Å². The summed E-state index contributed by atoms with van der Waals surface area (Å²) < 4.78 is 16.7. The van der Waals surface area contributed by atoms with Gasteiger partial charge < -0.3 is 19.1 Å². The number of benzene rings is 1. The number of carbonyl (C=O) groups excluding carboxylic acids is 1. The van der Waals surface area contributed by atoms with Crippen molar-refractivity contribution in [2.45, 2.75) is 32.5 Å². The van der Waals surface area contributed by atoms with Crippen LogP contribution in [0.15, 0.2) is 12.1 Å². The van der Waals surface area contributed by atoms with E-state index in [4.69, 9.17) is 14.2 Å². The van der Waals surface area contributed by atoms with E-state index >= 15 is 0 Å². The van der Waals surface area contributed by atoms with Crippen molar-refractivity contribution in [1.82, 2.24) is 4.90 Å². The standard InChI is InChI=1S/C17H23NO4/c1-12-13(2)15(20-3)5-4-14(12)16(19)18-8-6-17(7-9-18)21-10-11-22-17/h4-5H,6-11H2,1-3H3. The van der Waals surface area contributed by atoms with Crippen molar-refractivity contribution in [3.63, 3.8) is 0 Å². The summed E-state index contributed by atoms with van der Waals surface area (Å²) in [6.45, 7) is 6.61. The van der Waals surface area contributed by atoms with Crippen LogP contribution in [0.2, 0.25) is 0 Å². The molecule has 2 fully saturated rings. The topological polar surface area (TPSA) is 48.0 Å². The quantitative estimate of drug-likeness (QED) is 0.841. The minimum absolute atomic E-state index is 0.0797. The highest BCUT2D eigenvalue weighted by molar-refractivity contribution is 5.96. The molecule has 1 aromatic carbocycles. The summed E-state index contributed by atoms with van der Waals surface area (Å²) in [5.41, 5.74) is 2.75. The molecule has 3 rings (SSSR count). The van der Waals surface area contributed by atoms with E-state index in [1.807, 2.05) is 30.9 Å². The largest absolute Gasteiger partial charge is 0.496 e. The summed E-state index contributed by atoms with van der Waals surface area (Å²) in [5, 5.41) is 0. The Bertz CT molecular complexity index is 568. The number of hydrogen-bond donors (Lipinski definition) is 0. The number of methoxy groups -OCH3 is 1. The van der Waals surface area contributed by atoms with E-state index in [2.05, 4.69) is 0 Å². The van der Waals surface area contributed by atoms with Crippen LogP contribution in [0, 0.1) is 13.8 Å². The lowest BCUT2D eigenvalue weighted by atomic mass is 9.98. The molecule has 1 spiro atoms. The average molecular weight is 305 g/mol. The second kappa shape index (κ2) is 5.89. The smallest absolute Gasteiger partial charge is 0.254 e. The third-order valence-corrected chi connectivity index (χ3v) is 4.81. The van der Waals surface area contributed by atoms with Gasteiger partial charge in [-0.3, -0.25) is 4.79 Å². The fraction of sp³-hybridized carbons (Fsp3) is 0.588. The third kappa shape index (κ3) is 2.59. The number of likely N-dealkylation sites (tertiary alicyclic amines) is 1. The zero-order valence-corrected chi connectivity index (χ0v) is 13.5. The predicted molar refractivity (Wildman–Crippen MR) is 82.2 cm³/mol. The lowest BCUT2D eigenvalue weighted by Crippen LogP contribution is -2.47. The molecule has 5 heteroatoms. The molecule has 0 N–H and O–H groups in total. The molecule has 1 amide bonds. The Hall–Kier alpha value is -1.59. The molecule has 0 atom stereocenters. The normalized spacial score (nSPS) is 20.4. The van der Waals surface area contributed by atoms with Crippen molar-refractivity contribution in [3.05, 3.63) is 28.8 Å². The van der Waals surface area contributed by atoms with Crippen LogP contribution in [0.5, 0.6) is 5.75 Å². The Morgan fingerprint density at radius 3 is 2.36 bits per heavy atom. The first-order chi connectivity index (χ1) is 10.6. The average Bonchev–Trinajstić information content (AvgIpc) is 2.98. The van der Waals surface area contributed by atoms with Gasteiger partial charge in [0.15, 0.2) is 5.79 Å². The Balaban J connectivity index is 1.74. The highest BCUT2D eigenvalue weighted by atomic mass is 16.7. The summed E-state index contributed by atoms with van der Waals surface area (Å²) >= 11 is 0. The van der Waals surface area contributed by atoms with Crippen LogP contribution in [0.1, 0.15) is 34.3 Å². The number of piperidine rings is 1. The second-order valence-electron chi connectivity index (χ2n) is 5.97. The molecule has 2 heterocycles. The van der Waals surface area contributed by atoms with Gasteiger partial charge in [0, 0.05) is 31.5 Å². The Morgan fingerprint density at radius 2 is 1.77 bits per heavy atom. The lowest BCUT2D eigenvalue weighted by molar-refractivity contribution is -0.181. The van der Waals surface area contributed by atoms with E-state index in [0.717, 1.165) is 35.3 Å². The van der Waals surface area contributed by atoms with Crippen LogP contribution >= 0.6 is 0 Å². The first kappa shape index (κ1) is 15.3. The first-order valence-corrected chi connectivity index (χ1v) is 7.78. The maximum Gasteiger partial charge on any atom is 0.254 e. The highest BCUT2D eigenvalue weighted by Gasteiger charge is 2.41. The molecule has 0 radical (unpaired) electrons. The van der Waals surface area contributed by atoms with Crippen LogP contribution in [-0.4, -0.2) is 50.0 Å². The molecule has 0 saturated carbocycles. The van der Waals surface area contributed by atoms with Crippen LogP contribution in [0.4, 0.5) is 0 Å². The number of rotatable bonds is 2. The lowest BCUT2D eigenvalue weighted by Gasteiger charge is -2.37. The molecular formula is C17H23NO4. The van der Waals surface area contributed by atoms with Crippen molar-refractivity contribution >= 4 is 5.91 Å². The third-order valence-electron chi connectivity index (χ3n) is 4.81. The maximum atomic E-state index is 12.8. The second-order valence-corrected chi connectivity index (χ2v) is 5.97. The maximum absolute atomic E-state index is 12.8. The monoisotopic (exact) mass is 305 g/mol. The van der Waals surface area contributed by atoms with Gasteiger partial charge in [-0.15, -0.1) is 0 Å². The molecular weight excluding hydrogens is 282 g/mol. The van der Waals surface area contributed by atoms with Crippen molar-refractivity contribution in [2.24, 2.45) is 0 Å². The van der Waals surface area contributed by atoms with E-state index in [1.54, 1.807) is 7.11 Å². The van der Waals surface area contributed by atoms with Gasteiger partial charge in [-0.05, 0) is 37.1 Å². The number of hydrogen-bond acceptors (Lipinski definition) is 4. The minimum atomic E-state index is -0.443. The summed E-state index contributed by atoms with van der Waals surface area (Å²) in [6.07, 6.45) is 1.49. The SMILES string of the molecule is COc1ccc(C(=O)N2CCC3(CC2)OCCO3)c(C)c1C. The summed E-state index contributed by atoms with van der Waals surface area (Å²) in [5.74, 6) is 0.456. The van der Waals surface area contributed by atoms with Crippen LogP contribution in [-0.2, 0) is 9.47 Å². The van der Waals surface area contributed by atoms with Gasteiger partial charge in [0.1, 0.15) is 5.75 Å². The molecule has 2 aliphatic rings. The number of nitrogens with zero attached hydrogens (tertiary/aromatic N) is 1.